The molecule has 0 fully saturated rings. The Balaban J connectivity index is 1.90. The first kappa shape index (κ1) is 12.4. The summed E-state index contributed by atoms with van der Waals surface area (Å²) in [5, 5.41) is 6.01. The van der Waals surface area contributed by atoms with Gasteiger partial charge in [0.25, 0.3) is 0 Å². The predicted octanol–water partition coefficient (Wildman–Crippen LogP) is 3.40. The van der Waals surface area contributed by atoms with Crippen LogP contribution >= 0.6 is 27.3 Å². The molecule has 0 radical (unpaired) electrons. The average Bonchev–Trinajstić information content (AvgIpc) is 2.68. The van der Waals surface area contributed by atoms with E-state index in [4.69, 9.17) is 0 Å². The van der Waals surface area contributed by atoms with E-state index in [9.17, 15) is 4.39 Å². The minimum Gasteiger partial charge on any atom is -0.367 e. The second kappa shape index (κ2) is 5.55. The van der Waals surface area contributed by atoms with Gasteiger partial charge in [-0.15, -0.1) is 11.3 Å². The van der Waals surface area contributed by atoms with Crippen LogP contribution in [-0.4, -0.2) is 16.5 Å². The largest absolute Gasteiger partial charge is 0.367 e. The summed E-state index contributed by atoms with van der Waals surface area (Å²) in [6.07, 6.45) is 2.34. The van der Waals surface area contributed by atoms with Gasteiger partial charge in [0.05, 0.1) is 5.01 Å². The summed E-state index contributed by atoms with van der Waals surface area (Å²) in [7, 11) is 0. The van der Waals surface area contributed by atoms with E-state index < -0.39 is 0 Å². The first-order valence-electron chi connectivity index (χ1n) is 5.11. The molecule has 2 aromatic rings. The van der Waals surface area contributed by atoms with Crippen molar-refractivity contribution in [1.82, 2.24) is 9.97 Å². The van der Waals surface area contributed by atoms with E-state index in [0.29, 0.717) is 11.0 Å². The van der Waals surface area contributed by atoms with Crippen LogP contribution in [0.2, 0.25) is 0 Å². The molecule has 1 N–H and O–H groups in total. The summed E-state index contributed by atoms with van der Waals surface area (Å²) >= 11 is 4.78. The second-order valence-electron chi connectivity index (χ2n) is 3.54. The summed E-state index contributed by atoms with van der Waals surface area (Å²) < 4.78 is 14.0. The highest BCUT2D eigenvalue weighted by atomic mass is 79.9. The Hall–Kier alpha value is -1.01. The van der Waals surface area contributed by atoms with E-state index in [-0.39, 0.29) is 11.6 Å². The number of rotatable bonds is 4. The van der Waals surface area contributed by atoms with Gasteiger partial charge < -0.3 is 5.32 Å². The van der Waals surface area contributed by atoms with E-state index >= 15 is 0 Å². The number of aryl methyl sites for hydroxylation is 1. The Kier molecular flexibility index (Phi) is 4.06. The molecule has 2 rings (SSSR count). The van der Waals surface area contributed by atoms with Crippen LogP contribution in [0.15, 0.2) is 22.1 Å². The van der Waals surface area contributed by atoms with Crippen LogP contribution < -0.4 is 5.32 Å². The van der Waals surface area contributed by atoms with Crippen LogP contribution in [0, 0.1) is 12.7 Å². The van der Waals surface area contributed by atoms with Crippen molar-refractivity contribution < 1.29 is 4.39 Å². The molecule has 0 aliphatic rings. The smallest absolute Gasteiger partial charge is 0.166 e. The summed E-state index contributed by atoms with van der Waals surface area (Å²) in [6, 6.07) is 1.39. The quantitative estimate of drug-likeness (QED) is 0.939. The maximum atomic E-state index is 13.4. The SMILES string of the molecule is Cc1csc(CCNc2ncc(Br)cc2F)n1. The van der Waals surface area contributed by atoms with Crippen LogP contribution in [0.25, 0.3) is 0 Å². The fourth-order valence-corrected chi connectivity index (χ4v) is 2.43. The number of hydrogen-bond acceptors (Lipinski definition) is 4. The van der Waals surface area contributed by atoms with Crippen molar-refractivity contribution in [1.29, 1.82) is 0 Å². The molecule has 0 unspecified atom stereocenters. The number of pyridine rings is 1. The van der Waals surface area contributed by atoms with Crippen LogP contribution in [0.4, 0.5) is 10.2 Å². The molecule has 0 saturated carbocycles. The lowest BCUT2D eigenvalue weighted by atomic mass is 10.4. The van der Waals surface area contributed by atoms with E-state index in [1.54, 1.807) is 17.5 Å². The third-order valence-electron chi connectivity index (χ3n) is 2.11. The molecular formula is C11H11BrFN3S. The van der Waals surface area contributed by atoms with Crippen LogP contribution in [0.3, 0.4) is 0 Å². The summed E-state index contributed by atoms with van der Waals surface area (Å²) in [5.74, 6) is -0.0730. The first-order valence-corrected chi connectivity index (χ1v) is 6.78. The first-order chi connectivity index (χ1) is 8.15. The van der Waals surface area contributed by atoms with Gasteiger partial charge in [-0.25, -0.2) is 14.4 Å². The van der Waals surface area contributed by atoms with E-state index in [1.165, 1.54) is 6.07 Å². The molecule has 90 valence electrons. The lowest BCUT2D eigenvalue weighted by molar-refractivity contribution is 0.623. The molecule has 0 bridgehead atoms. The zero-order chi connectivity index (χ0) is 12.3. The number of nitrogens with one attached hydrogen (secondary N) is 1. The van der Waals surface area contributed by atoms with Gasteiger partial charge in [-0.1, -0.05) is 0 Å². The molecule has 2 aromatic heterocycles. The van der Waals surface area contributed by atoms with Gasteiger partial charge in [-0.05, 0) is 28.9 Å². The average molecular weight is 316 g/mol. The highest BCUT2D eigenvalue weighted by molar-refractivity contribution is 9.10. The van der Waals surface area contributed by atoms with E-state index in [1.807, 2.05) is 12.3 Å². The van der Waals surface area contributed by atoms with Crippen molar-refractivity contribution in [3.05, 3.63) is 38.6 Å². The van der Waals surface area contributed by atoms with E-state index in [2.05, 4.69) is 31.2 Å². The molecule has 0 aromatic carbocycles. The van der Waals surface area contributed by atoms with Crippen molar-refractivity contribution in [2.24, 2.45) is 0 Å². The van der Waals surface area contributed by atoms with E-state index in [0.717, 1.165) is 17.1 Å². The molecule has 0 aliphatic carbocycles. The third kappa shape index (κ3) is 3.47. The van der Waals surface area contributed by atoms with Gasteiger partial charge >= 0.3 is 0 Å². The van der Waals surface area contributed by atoms with Crippen LogP contribution in [-0.2, 0) is 6.42 Å². The standard InChI is InChI=1S/C11H11BrFN3S/c1-7-6-17-10(16-7)2-3-14-11-9(13)4-8(12)5-15-11/h4-6H,2-3H2,1H3,(H,14,15). The van der Waals surface area contributed by atoms with Crippen molar-refractivity contribution in [3.8, 4) is 0 Å². The summed E-state index contributed by atoms with van der Waals surface area (Å²) in [6.45, 7) is 2.59. The topological polar surface area (TPSA) is 37.8 Å². The Morgan fingerprint density at radius 3 is 3.00 bits per heavy atom. The van der Waals surface area contributed by atoms with Gasteiger partial charge in [0, 0.05) is 34.7 Å². The minimum atomic E-state index is -0.352. The molecule has 0 aliphatic heterocycles. The molecule has 3 nitrogen and oxygen atoms in total. The lowest BCUT2D eigenvalue weighted by Gasteiger charge is -2.05. The molecule has 0 atom stereocenters. The Morgan fingerprint density at radius 1 is 1.53 bits per heavy atom. The van der Waals surface area contributed by atoms with Crippen molar-refractivity contribution in [2.45, 2.75) is 13.3 Å². The Bertz CT molecular complexity index is 515. The normalized spacial score (nSPS) is 10.5. The lowest BCUT2D eigenvalue weighted by Crippen LogP contribution is -2.07. The molecule has 0 spiro atoms. The van der Waals surface area contributed by atoms with Gasteiger partial charge in [-0.2, -0.15) is 0 Å². The zero-order valence-electron chi connectivity index (χ0n) is 9.20. The summed E-state index contributed by atoms with van der Waals surface area (Å²) in [4.78, 5) is 8.30. The van der Waals surface area contributed by atoms with Gasteiger partial charge in [0.2, 0.25) is 0 Å². The minimum absolute atomic E-state index is 0.279. The fourth-order valence-electron chi connectivity index (χ4n) is 1.35. The fraction of sp³-hybridized carbons (Fsp3) is 0.273. The molecule has 0 amide bonds. The number of anilines is 1. The number of nitrogens with zero attached hydrogens (tertiary/aromatic N) is 2. The number of aromatic nitrogens is 2. The van der Waals surface area contributed by atoms with Crippen molar-refractivity contribution in [3.63, 3.8) is 0 Å². The number of halogens is 2. The van der Waals surface area contributed by atoms with Gasteiger partial charge in [0.15, 0.2) is 11.6 Å². The molecular weight excluding hydrogens is 305 g/mol. The van der Waals surface area contributed by atoms with Crippen LogP contribution in [0.5, 0.6) is 0 Å². The Labute approximate surface area is 111 Å². The highest BCUT2D eigenvalue weighted by Gasteiger charge is 2.04. The maximum absolute atomic E-state index is 13.4. The molecule has 6 heteroatoms. The van der Waals surface area contributed by atoms with Gasteiger partial charge in [0.1, 0.15) is 0 Å². The zero-order valence-corrected chi connectivity index (χ0v) is 11.6. The molecule has 2 heterocycles. The molecule has 0 saturated heterocycles. The maximum Gasteiger partial charge on any atom is 0.166 e. The monoisotopic (exact) mass is 315 g/mol. The summed E-state index contributed by atoms with van der Waals surface area (Å²) in [5.41, 5.74) is 1.03. The van der Waals surface area contributed by atoms with Crippen molar-refractivity contribution in [2.75, 3.05) is 11.9 Å². The Morgan fingerprint density at radius 2 is 2.35 bits per heavy atom. The predicted molar refractivity (Wildman–Crippen MR) is 70.9 cm³/mol. The third-order valence-corrected chi connectivity index (χ3v) is 3.57. The van der Waals surface area contributed by atoms with Crippen LogP contribution in [0.1, 0.15) is 10.7 Å². The van der Waals surface area contributed by atoms with Gasteiger partial charge in [-0.3, -0.25) is 0 Å². The second-order valence-corrected chi connectivity index (χ2v) is 5.40. The number of hydrogen-bond donors (Lipinski definition) is 1. The van der Waals surface area contributed by atoms with Crippen molar-refractivity contribution >= 4 is 33.1 Å². The molecule has 17 heavy (non-hydrogen) atoms. The number of thiazole rings is 1. The highest BCUT2D eigenvalue weighted by Crippen LogP contribution is 2.16.